The number of nitrogens with one attached hydrogen (secondary N) is 3. The highest BCUT2D eigenvalue weighted by atomic mass is 33.1. The molecule has 6 N–H and O–H groups in total. The van der Waals surface area contributed by atoms with Crippen molar-refractivity contribution in [1.29, 1.82) is 0 Å². The van der Waals surface area contributed by atoms with Crippen LogP contribution in [-0.2, 0) is 9.53 Å². The number of hydrogen-bond acceptors (Lipinski definition) is 10. The fourth-order valence-corrected chi connectivity index (χ4v) is 12.5. The fourth-order valence-electron chi connectivity index (χ4n) is 10.5. The molecule has 16 heteroatoms. The number of hydrogen-bond donors (Lipinski definition) is 6. The summed E-state index contributed by atoms with van der Waals surface area (Å²) >= 11 is 0. The number of carbonyl (C=O) groups excluding carboxylic acids is 1. The number of H-pyrrole nitrogens is 2. The van der Waals surface area contributed by atoms with Crippen LogP contribution in [0.4, 0.5) is 23.2 Å². The van der Waals surface area contributed by atoms with Crippen LogP contribution in [-0.4, -0.2) is 65.9 Å². The monoisotopic (exact) mass is 1060 g/mol. The second kappa shape index (κ2) is 21.8. The summed E-state index contributed by atoms with van der Waals surface area (Å²) in [6, 6.07) is 26.5. The molecule has 4 aromatic carbocycles. The Morgan fingerprint density at radius 3 is 1.49 bits per heavy atom. The highest BCUT2D eigenvalue weighted by Gasteiger charge is 2.49. The largest absolute Gasteiger partial charge is 0.508 e. The van der Waals surface area contributed by atoms with Crippen molar-refractivity contribution in [2.24, 2.45) is 17.8 Å². The first kappa shape index (κ1) is 50.3. The number of fused-ring (bicyclic) bond motifs is 9. The predicted molar refractivity (Wildman–Crippen MR) is 296 cm³/mol. The number of rotatable bonds is 15. The minimum Gasteiger partial charge on any atom is -0.508 e. The molecule has 0 spiro atoms. The van der Waals surface area contributed by atoms with E-state index in [-0.39, 0.29) is 58.7 Å². The Morgan fingerprint density at radius 2 is 1.03 bits per heavy atom. The smallest absolute Gasteiger partial charge is 0.305 e. The van der Waals surface area contributed by atoms with E-state index in [1.165, 1.54) is 45.9 Å². The van der Waals surface area contributed by atoms with E-state index in [9.17, 15) is 20.1 Å². The maximum Gasteiger partial charge on any atom is 0.305 e. The van der Waals surface area contributed by atoms with Crippen LogP contribution in [0.5, 0.6) is 17.2 Å². The van der Waals surface area contributed by atoms with E-state index in [0.29, 0.717) is 104 Å². The molecule has 2 aliphatic heterocycles. The summed E-state index contributed by atoms with van der Waals surface area (Å²) in [4.78, 5) is 29.3. The Kier molecular flexibility index (Phi) is 14.4. The van der Waals surface area contributed by atoms with E-state index in [0.717, 1.165) is 25.7 Å². The second-order valence-corrected chi connectivity index (χ2v) is 21.6. The minimum atomic E-state index is -1.65. The normalized spacial score (nSPS) is 16.3. The van der Waals surface area contributed by atoms with Gasteiger partial charge in [0.25, 0.3) is 0 Å². The SMILES string of the molecule is O=C(CCCSSCCNc1c(F)c(F)c(-c2c3nc(c(-c4cccc(O)c4)c4ccc([nH]4)c(-c4cccc(O)c4)c4nc(c(-c5cccc(O)c5)c5ccc2[nH]5)C=C4)C=C3)c(F)c1F)OCC1[C@H]2CCC#CCC[C@@H]12. The van der Waals surface area contributed by atoms with Crippen LogP contribution in [0, 0.1) is 52.9 Å². The molecule has 3 aromatic heterocycles. The Hall–Kier alpha value is -7.87. The van der Waals surface area contributed by atoms with Crippen molar-refractivity contribution in [2.45, 2.75) is 38.5 Å². The fraction of sp³-hybridized carbons (Fsp3) is 0.217. The van der Waals surface area contributed by atoms with Gasteiger partial charge in [0.05, 0.1) is 34.9 Å². The quantitative estimate of drug-likeness (QED) is 0.0146. The Labute approximate surface area is 442 Å². The lowest BCUT2D eigenvalue weighted by Gasteiger charge is -2.14. The summed E-state index contributed by atoms with van der Waals surface area (Å²) in [5, 5.41) is 34.7. The number of aromatic hydroxyl groups is 3. The predicted octanol–water partition coefficient (Wildman–Crippen LogP) is 14.6. The molecule has 3 atom stereocenters. The zero-order chi connectivity index (χ0) is 52.5. The van der Waals surface area contributed by atoms with Crippen LogP contribution in [0.2, 0.25) is 0 Å². The van der Waals surface area contributed by atoms with Gasteiger partial charge < -0.3 is 35.3 Å². The molecule has 2 aliphatic carbocycles. The number of anilines is 1. The molecule has 0 saturated heterocycles. The summed E-state index contributed by atoms with van der Waals surface area (Å²) < 4.78 is 72.3. The Morgan fingerprint density at radius 1 is 0.592 bits per heavy atom. The van der Waals surface area contributed by atoms with Crippen LogP contribution in [0.15, 0.2) is 97.1 Å². The van der Waals surface area contributed by atoms with Crippen molar-refractivity contribution in [3.05, 3.63) is 143 Å². The van der Waals surface area contributed by atoms with Gasteiger partial charge in [0.15, 0.2) is 23.3 Å². The molecule has 0 radical (unpaired) electrons. The lowest BCUT2D eigenvalue weighted by Crippen LogP contribution is -2.12. The standard InChI is InChI=1S/C60H49F4N5O5S2/c61-56-55(57(62)59(64)60(58(56)63)65-26-28-76-75-27-8-17-50(73)74-32-41-39-15-3-1-2-4-16-40(39)41)54-48-24-22-46(68-48)52(34-10-6-13-37(71)30-34)44-20-18-42(66-44)51(33-9-5-12-36(70)29-33)43-19-21-45(67-43)53(47-23-25-49(54)69-47)35-11-7-14-38(72)31-35/h5-7,9-14,18-25,29-31,39-41,65-66,69-72H,3-4,8,15-17,26-28,32H2/t39-,40+,41?. The van der Waals surface area contributed by atoms with Gasteiger partial charge in [-0.2, -0.15) is 0 Å². The van der Waals surface area contributed by atoms with Gasteiger partial charge in [-0.25, -0.2) is 27.5 Å². The molecule has 1 fully saturated rings. The van der Waals surface area contributed by atoms with Crippen molar-refractivity contribution in [2.75, 3.05) is 30.0 Å². The number of esters is 1. The van der Waals surface area contributed by atoms with Crippen LogP contribution in [0.3, 0.4) is 0 Å². The van der Waals surface area contributed by atoms with E-state index in [1.54, 1.807) is 72.8 Å². The van der Waals surface area contributed by atoms with Crippen molar-refractivity contribution < 1.29 is 42.4 Å². The average molecular weight is 1060 g/mol. The first-order valence-electron chi connectivity index (χ1n) is 25.0. The number of aromatic amines is 2. The lowest BCUT2D eigenvalue weighted by atomic mass is 10.0. The summed E-state index contributed by atoms with van der Waals surface area (Å²) in [7, 11) is 2.87. The van der Waals surface area contributed by atoms with Gasteiger partial charge in [0.2, 0.25) is 0 Å². The van der Waals surface area contributed by atoms with E-state index < -0.39 is 34.5 Å². The van der Waals surface area contributed by atoms with Gasteiger partial charge in [-0.05, 0) is 139 Å². The maximum absolute atomic E-state index is 16.9. The summed E-state index contributed by atoms with van der Waals surface area (Å²) in [5.74, 6) is 2.11. The van der Waals surface area contributed by atoms with Gasteiger partial charge in [0.1, 0.15) is 22.9 Å². The molecular formula is C60H49F4N5O5S2. The highest BCUT2D eigenvalue weighted by molar-refractivity contribution is 8.76. The maximum atomic E-state index is 16.9. The topological polar surface area (TPSA) is 156 Å². The molecule has 76 heavy (non-hydrogen) atoms. The van der Waals surface area contributed by atoms with E-state index in [4.69, 9.17) is 14.7 Å². The zero-order valence-electron chi connectivity index (χ0n) is 40.7. The van der Waals surface area contributed by atoms with E-state index >= 15 is 17.6 Å². The molecular weight excluding hydrogens is 1010 g/mol. The van der Waals surface area contributed by atoms with Crippen molar-refractivity contribution in [3.63, 3.8) is 0 Å². The number of phenols is 3. The van der Waals surface area contributed by atoms with Crippen LogP contribution in [0.1, 0.15) is 61.3 Å². The van der Waals surface area contributed by atoms with E-state index in [1.807, 2.05) is 24.3 Å². The van der Waals surface area contributed by atoms with Crippen LogP contribution in [0.25, 0.3) is 90.9 Å². The molecule has 11 rings (SSSR count). The number of carbonyl (C=O) groups is 1. The molecule has 10 nitrogen and oxygen atoms in total. The molecule has 4 aliphatic rings. The van der Waals surface area contributed by atoms with Crippen molar-refractivity contribution in [1.82, 2.24) is 19.9 Å². The number of ether oxygens (including phenoxy) is 1. The van der Waals surface area contributed by atoms with E-state index in [2.05, 4.69) is 27.1 Å². The van der Waals surface area contributed by atoms with Gasteiger partial charge in [-0.1, -0.05) is 58.0 Å². The molecule has 5 heterocycles. The van der Waals surface area contributed by atoms with Gasteiger partial charge in [-0.3, -0.25) is 4.79 Å². The summed E-state index contributed by atoms with van der Waals surface area (Å²) in [5.41, 5.74) is 3.70. The third-order valence-electron chi connectivity index (χ3n) is 14.1. The summed E-state index contributed by atoms with van der Waals surface area (Å²) in [6.07, 6.45) is 11.5. The third kappa shape index (κ3) is 10.3. The van der Waals surface area contributed by atoms with Crippen LogP contribution < -0.4 is 5.32 Å². The molecule has 384 valence electrons. The van der Waals surface area contributed by atoms with Gasteiger partial charge in [0, 0.05) is 81.6 Å². The molecule has 7 aromatic rings. The Bertz CT molecular complexity index is 3660. The van der Waals surface area contributed by atoms with Crippen molar-refractivity contribution >= 4 is 79.6 Å². The molecule has 8 bridgehead atoms. The minimum absolute atomic E-state index is 0.0306. The van der Waals surface area contributed by atoms with Gasteiger partial charge in [-0.15, -0.1) is 11.8 Å². The first-order valence-corrected chi connectivity index (χ1v) is 27.5. The second-order valence-electron chi connectivity index (χ2n) is 18.9. The number of nitrogens with zero attached hydrogens (tertiary/aromatic N) is 2. The zero-order valence-corrected chi connectivity index (χ0v) is 42.4. The van der Waals surface area contributed by atoms with Crippen molar-refractivity contribution in [3.8, 4) is 73.6 Å². The molecule has 1 saturated carbocycles. The molecule has 0 amide bonds. The highest BCUT2D eigenvalue weighted by Crippen LogP contribution is 2.52. The number of benzene rings is 4. The summed E-state index contributed by atoms with van der Waals surface area (Å²) in [6.45, 7) is 0.419. The lowest BCUT2D eigenvalue weighted by molar-refractivity contribution is -0.144. The number of aromatic nitrogens is 4. The molecule has 1 unspecified atom stereocenters. The number of phenolic OH excluding ortho intramolecular Hbond substituents is 3. The third-order valence-corrected chi connectivity index (χ3v) is 16.6. The first-order chi connectivity index (χ1) is 37.0. The number of halogens is 4. The average Bonchev–Trinajstić information content (AvgIpc) is 4.13. The van der Waals surface area contributed by atoms with Gasteiger partial charge >= 0.3 is 5.97 Å². The van der Waals surface area contributed by atoms with Crippen LogP contribution >= 0.6 is 21.6 Å². The Balaban J connectivity index is 0.946.